The zero-order valence-electron chi connectivity index (χ0n) is 15.3. The van der Waals surface area contributed by atoms with E-state index in [9.17, 15) is 9.59 Å². The summed E-state index contributed by atoms with van der Waals surface area (Å²) in [6, 6.07) is 5.06. The first-order chi connectivity index (χ1) is 13.0. The third kappa shape index (κ3) is 3.39. The van der Waals surface area contributed by atoms with Gasteiger partial charge in [0.1, 0.15) is 16.8 Å². The highest BCUT2D eigenvalue weighted by Crippen LogP contribution is 2.11. The largest absolute Gasteiger partial charge is 0.383 e. The van der Waals surface area contributed by atoms with Crippen LogP contribution in [0.1, 0.15) is 15.9 Å². The molecule has 0 bridgehead atoms. The minimum Gasteiger partial charge on any atom is -0.383 e. The molecule has 3 aromatic rings. The Hall–Kier alpha value is -3.26. The molecule has 8 nitrogen and oxygen atoms in total. The highest BCUT2D eigenvalue weighted by molar-refractivity contribution is 5.96. The number of hydrogen-bond donors (Lipinski definition) is 2. The number of nitrogens with one attached hydrogen (secondary N) is 2. The first-order valence-corrected chi connectivity index (χ1v) is 8.47. The van der Waals surface area contributed by atoms with Gasteiger partial charge in [0, 0.05) is 26.4 Å². The van der Waals surface area contributed by atoms with E-state index in [0.29, 0.717) is 24.4 Å². The SMILES string of the molecule is C=CCNC(=O)c1cc2c(=O)n3cc(C)ccc3nc2n(CCOC)c1=N. The second-order valence-electron chi connectivity index (χ2n) is 6.14. The lowest BCUT2D eigenvalue weighted by atomic mass is 10.2. The van der Waals surface area contributed by atoms with Gasteiger partial charge in [-0.25, -0.2) is 4.98 Å². The minimum absolute atomic E-state index is 0.0236. The zero-order chi connectivity index (χ0) is 19.6. The lowest BCUT2D eigenvalue weighted by Gasteiger charge is -2.14. The Bertz CT molecular complexity index is 1160. The second-order valence-corrected chi connectivity index (χ2v) is 6.14. The van der Waals surface area contributed by atoms with Crippen molar-refractivity contribution >= 4 is 22.6 Å². The molecule has 140 valence electrons. The number of aromatic nitrogens is 3. The first-order valence-electron chi connectivity index (χ1n) is 8.47. The Balaban J connectivity index is 2.37. The Labute approximate surface area is 155 Å². The molecule has 0 aliphatic carbocycles. The van der Waals surface area contributed by atoms with E-state index in [1.54, 1.807) is 25.4 Å². The fourth-order valence-corrected chi connectivity index (χ4v) is 2.88. The van der Waals surface area contributed by atoms with Crippen LogP contribution in [0.3, 0.4) is 0 Å². The predicted molar refractivity (Wildman–Crippen MR) is 102 cm³/mol. The molecule has 3 heterocycles. The van der Waals surface area contributed by atoms with E-state index in [0.717, 1.165) is 5.56 Å². The van der Waals surface area contributed by atoms with Crippen LogP contribution in [0.25, 0.3) is 16.7 Å². The normalized spacial score (nSPS) is 11.0. The van der Waals surface area contributed by atoms with E-state index in [2.05, 4.69) is 16.9 Å². The van der Waals surface area contributed by atoms with Crippen LogP contribution in [0.5, 0.6) is 0 Å². The average molecular weight is 367 g/mol. The molecule has 0 aromatic carbocycles. The van der Waals surface area contributed by atoms with Gasteiger partial charge >= 0.3 is 0 Å². The fourth-order valence-electron chi connectivity index (χ4n) is 2.88. The van der Waals surface area contributed by atoms with Crippen molar-refractivity contribution in [1.82, 2.24) is 19.3 Å². The summed E-state index contributed by atoms with van der Waals surface area (Å²) in [6.07, 6.45) is 3.25. The molecule has 0 saturated carbocycles. The summed E-state index contributed by atoms with van der Waals surface area (Å²) < 4.78 is 8.10. The molecule has 0 fully saturated rings. The van der Waals surface area contributed by atoms with Crippen LogP contribution in [0.2, 0.25) is 0 Å². The predicted octanol–water partition coefficient (Wildman–Crippen LogP) is 0.999. The van der Waals surface area contributed by atoms with E-state index in [-0.39, 0.29) is 28.5 Å². The summed E-state index contributed by atoms with van der Waals surface area (Å²) in [4.78, 5) is 30.1. The van der Waals surface area contributed by atoms with Crippen molar-refractivity contribution < 1.29 is 9.53 Å². The highest BCUT2D eigenvalue weighted by atomic mass is 16.5. The number of amides is 1. The second kappa shape index (κ2) is 7.55. The van der Waals surface area contributed by atoms with Crippen molar-refractivity contribution in [2.45, 2.75) is 13.5 Å². The summed E-state index contributed by atoms with van der Waals surface area (Å²) in [5.74, 6) is -0.443. The number of pyridine rings is 2. The molecule has 0 aliphatic rings. The van der Waals surface area contributed by atoms with Gasteiger partial charge in [-0.05, 0) is 24.6 Å². The lowest BCUT2D eigenvalue weighted by molar-refractivity contribution is 0.0955. The number of rotatable bonds is 6. The van der Waals surface area contributed by atoms with E-state index in [1.807, 2.05) is 13.0 Å². The number of aryl methyl sites for hydroxylation is 1. The Morgan fingerprint density at radius 1 is 1.44 bits per heavy atom. The maximum Gasteiger partial charge on any atom is 0.267 e. The third-order valence-electron chi connectivity index (χ3n) is 4.23. The molecule has 0 spiro atoms. The summed E-state index contributed by atoms with van der Waals surface area (Å²) in [6.45, 7) is 6.33. The van der Waals surface area contributed by atoms with Gasteiger partial charge in [0.05, 0.1) is 17.6 Å². The maximum absolute atomic E-state index is 13.0. The molecule has 0 unspecified atom stereocenters. The number of carbonyl (C=O) groups excluding carboxylic acids is 1. The maximum atomic E-state index is 13.0. The zero-order valence-corrected chi connectivity index (χ0v) is 15.3. The van der Waals surface area contributed by atoms with Crippen LogP contribution in [-0.2, 0) is 11.3 Å². The van der Waals surface area contributed by atoms with Gasteiger partial charge in [-0.1, -0.05) is 12.1 Å². The van der Waals surface area contributed by atoms with Crippen LogP contribution in [0.15, 0.2) is 41.8 Å². The van der Waals surface area contributed by atoms with Gasteiger partial charge in [0.2, 0.25) is 0 Å². The standard InChI is InChI=1S/C19H21N5O3/c1-4-7-21-18(25)13-10-14-17(23(16(13)20)8-9-27-3)22-15-6-5-12(2)11-24(15)19(14)26/h4-6,10-11,20H,1,7-9H2,2-3H3,(H,21,25). The number of ether oxygens (including phenoxy) is 1. The van der Waals surface area contributed by atoms with Gasteiger partial charge in [-0.2, -0.15) is 0 Å². The lowest BCUT2D eigenvalue weighted by Crippen LogP contribution is -2.35. The summed E-state index contributed by atoms with van der Waals surface area (Å²) in [5.41, 5.74) is 1.54. The van der Waals surface area contributed by atoms with Crippen LogP contribution in [-0.4, -0.2) is 40.1 Å². The minimum atomic E-state index is -0.443. The molecular weight excluding hydrogens is 346 g/mol. The van der Waals surface area contributed by atoms with Gasteiger partial charge in [-0.3, -0.25) is 19.4 Å². The third-order valence-corrected chi connectivity index (χ3v) is 4.23. The number of carbonyl (C=O) groups is 1. The smallest absolute Gasteiger partial charge is 0.267 e. The Morgan fingerprint density at radius 3 is 2.93 bits per heavy atom. The molecule has 8 heteroatoms. The highest BCUT2D eigenvalue weighted by Gasteiger charge is 2.17. The quantitative estimate of drug-likeness (QED) is 0.501. The number of methoxy groups -OCH3 is 1. The first kappa shape index (κ1) is 18.5. The topological polar surface area (TPSA) is 101 Å². The molecular formula is C19H21N5O3. The molecule has 0 aliphatic heterocycles. The molecule has 1 amide bonds. The summed E-state index contributed by atoms with van der Waals surface area (Å²) >= 11 is 0. The van der Waals surface area contributed by atoms with Crippen molar-refractivity contribution in [1.29, 1.82) is 5.41 Å². The van der Waals surface area contributed by atoms with Gasteiger partial charge in [-0.15, -0.1) is 6.58 Å². The van der Waals surface area contributed by atoms with Crippen molar-refractivity contribution in [3.8, 4) is 0 Å². The molecule has 27 heavy (non-hydrogen) atoms. The van der Waals surface area contributed by atoms with Crippen LogP contribution < -0.4 is 16.4 Å². The van der Waals surface area contributed by atoms with Crippen molar-refractivity contribution in [2.75, 3.05) is 20.3 Å². The number of fused-ring (bicyclic) bond motifs is 2. The van der Waals surface area contributed by atoms with E-state index in [1.165, 1.54) is 15.0 Å². The fraction of sp³-hybridized carbons (Fsp3) is 0.263. The van der Waals surface area contributed by atoms with Crippen molar-refractivity contribution in [3.63, 3.8) is 0 Å². The Kier molecular flexibility index (Phi) is 5.18. The van der Waals surface area contributed by atoms with Crippen LogP contribution in [0.4, 0.5) is 0 Å². The molecule has 0 saturated heterocycles. The van der Waals surface area contributed by atoms with Crippen molar-refractivity contribution in [2.24, 2.45) is 0 Å². The molecule has 2 N–H and O–H groups in total. The number of hydrogen-bond acceptors (Lipinski definition) is 5. The van der Waals surface area contributed by atoms with Crippen LogP contribution in [0, 0.1) is 12.3 Å². The van der Waals surface area contributed by atoms with Crippen LogP contribution >= 0.6 is 0 Å². The van der Waals surface area contributed by atoms with Crippen molar-refractivity contribution in [3.05, 3.63) is 64.0 Å². The van der Waals surface area contributed by atoms with Gasteiger partial charge < -0.3 is 14.6 Å². The summed E-state index contributed by atoms with van der Waals surface area (Å²) in [5, 5.41) is 11.4. The van der Waals surface area contributed by atoms with Gasteiger partial charge in [0.25, 0.3) is 11.5 Å². The molecule has 0 radical (unpaired) electrons. The monoisotopic (exact) mass is 367 g/mol. The summed E-state index contributed by atoms with van der Waals surface area (Å²) in [7, 11) is 1.55. The van der Waals surface area contributed by atoms with E-state index < -0.39 is 5.91 Å². The average Bonchev–Trinajstić information content (AvgIpc) is 2.66. The van der Waals surface area contributed by atoms with Gasteiger partial charge in [0.15, 0.2) is 0 Å². The molecule has 3 aromatic heterocycles. The molecule has 3 rings (SSSR count). The van der Waals surface area contributed by atoms with E-state index in [4.69, 9.17) is 10.1 Å². The number of nitrogens with zero attached hydrogens (tertiary/aromatic N) is 3. The molecule has 0 atom stereocenters. The van der Waals surface area contributed by atoms with E-state index >= 15 is 0 Å². The Morgan fingerprint density at radius 2 is 2.22 bits per heavy atom.